The van der Waals surface area contributed by atoms with E-state index in [1.165, 1.54) is 0 Å². The van der Waals surface area contributed by atoms with E-state index in [9.17, 15) is 0 Å². The van der Waals surface area contributed by atoms with Gasteiger partial charge in [0.25, 0.3) is 0 Å². The van der Waals surface area contributed by atoms with Crippen molar-refractivity contribution in [2.24, 2.45) is 0 Å². The third-order valence-electron chi connectivity index (χ3n) is 1.94. The molecule has 0 fully saturated rings. The van der Waals surface area contributed by atoms with Crippen LogP contribution in [0.2, 0.25) is 0 Å². The van der Waals surface area contributed by atoms with Gasteiger partial charge in [-0.05, 0) is 25.0 Å². The summed E-state index contributed by atoms with van der Waals surface area (Å²) in [7, 11) is 1.90. The standard InChI is InChI=1S/C12H17NO/c1-3-4-5-9-14-12-8-6-7-11(10-12)13-2/h3,6-8,10,13H,1,4-5,9H2,2H3. The first-order chi connectivity index (χ1) is 6.86. The van der Waals surface area contributed by atoms with Gasteiger partial charge >= 0.3 is 0 Å². The van der Waals surface area contributed by atoms with Crippen molar-refractivity contribution in [3.8, 4) is 5.75 Å². The van der Waals surface area contributed by atoms with Crippen molar-refractivity contribution in [1.29, 1.82) is 0 Å². The molecule has 1 rings (SSSR count). The molecule has 0 amide bonds. The molecular formula is C12H17NO. The fraction of sp³-hybridized carbons (Fsp3) is 0.333. The Kier molecular flexibility index (Phi) is 4.62. The summed E-state index contributed by atoms with van der Waals surface area (Å²) in [6.07, 6.45) is 3.94. The molecule has 1 N–H and O–H groups in total. The van der Waals surface area contributed by atoms with Crippen LogP contribution in [-0.4, -0.2) is 13.7 Å². The number of benzene rings is 1. The molecule has 0 saturated heterocycles. The summed E-state index contributed by atoms with van der Waals surface area (Å²) in [5, 5.41) is 3.07. The topological polar surface area (TPSA) is 21.3 Å². The number of anilines is 1. The lowest BCUT2D eigenvalue weighted by molar-refractivity contribution is 0.312. The van der Waals surface area contributed by atoms with Crippen LogP contribution in [0.3, 0.4) is 0 Å². The van der Waals surface area contributed by atoms with E-state index in [1.54, 1.807) is 0 Å². The van der Waals surface area contributed by atoms with Gasteiger partial charge in [0.2, 0.25) is 0 Å². The van der Waals surface area contributed by atoms with E-state index in [4.69, 9.17) is 4.74 Å². The van der Waals surface area contributed by atoms with Gasteiger partial charge in [-0.3, -0.25) is 0 Å². The molecule has 2 nitrogen and oxygen atoms in total. The molecule has 0 aliphatic carbocycles. The van der Waals surface area contributed by atoms with E-state index in [0.717, 1.165) is 30.9 Å². The molecular weight excluding hydrogens is 174 g/mol. The molecule has 0 unspecified atom stereocenters. The average molecular weight is 191 g/mol. The summed E-state index contributed by atoms with van der Waals surface area (Å²) in [6.45, 7) is 4.42. The van der Waals surface area contributed by atoms with Gasteiger partial charge < -0.3 is 10.1 Å². The zero-order chi connectivity index (χ0) is 10.2. The lowest BCUT2D eigenvalue weighted by Gasteiger charge is -2.06. The predicted octanol–water partition coefficient (Wildman–Crippen LogP) is 3.07. The fourth-order valence-corrected chi connectivity index (χ4v) is 1.16. The number of hydrogen-bond donors (Lipinski definition) is 1. The van der Waals surface area contributed by atoms with Crippen LogP contribution in [-0.2, 0) is 0 Å². The Balaban J connectivity index is 2.38. The lowest BCUT2D eigenvalue weighted by Crippen LogP contribution is -1.97. The second-order valence-corrected chi connectivity index (χ2v) is 3.06. The zero-order valence-corrected chi connectivity index (χ0v) is 8.62. The third-order valence-corrected chi connectivity index (χ3v) is 1.94. The summed E-state index contributed by atoms with van der Waals surface area (Å²) in [6, 6.07) is 7.95. The van der Waals surface area contributed by atoms with Crippen molar-refractivity contribution in [1.82, 2.24) is 0 Å². The first-order valence-corrected chi connectivity index (χ1v) is 4.88. The van der Waals surface area contributed by atoms with Crippen molar-refractivity contribution >= 4 is 5.69 Å². The quantitative estimate of drug-likeness (QED) is 0.551. The molecule has 76 valence electrons. The lowest BCUT2D eigenvalue weighted by atomic mass is 10.3. The number of nitrogens with one attached hydrogen (secondary N) is 1. The first kappa shape index (κ1) is 10.6. The second kappa shape index (κ2) is 6.08. The van der Waals surface area contributed by atoms with Crippen LogP contribution in [0.4, 0.5) is 5.69 Å². The Bertz CT molecular complexity index is 283. The molecule has 0 aliphatic heterocycles. The molecule has 0 radical (unpaired) electrons. The van der Waals surface area contributed by atoms with Gasteiger partial charge in [-0.2, -0.15) is 0 Å². The van der Waals surface area contributed by atoms with E-state index in [2.05, 4.69) is 11.9 Å². The molecule has 2 heteroatoms. The molecule has 1 aromatic rings. The minimum absolute atomic E-state index is 0.749. The highest BCUT2D eigenvalue weighted by molar-refractivity contribution is 5.47. The van der Waals surface area contributed by atoms with E-state index in [1.807, 2.05) is 37.4 Å². The predicted molar refractivity (Wildman–Crippen MR) is 60.9 cm³/mol. The zero-order valence-electron chi connectivity index (χ0n) is 8.62. The number of hydrogen-bond acceptors (Lipinski definition) is 2. The molecule has 0 heterocycles. The highest BCUT2D eigenvalue weighted by Gasteiger charge is 1.94. The first-order valence-electron chi connectivity index (χ1n) is 4.88. The third kappa shape index (κ3) is 3.52. The summed E-state index contributed by atoms with van der Waals surface area (Å²) in [5.74, 6) is 0.918. The van der Waals surface area contributed by atoms with Gasteiger partial charge in [-0.1, -0.05) is 12.1 Å². The van der Waals surface area contributed by atoms with Crippen molar-refractivity contribution in [3.63, 3.8) is 0 Å². The van der Waals surface area contributed by atoms with Crippen molar-refractivity contribution in [3.05, 3.63) is 36.9 Å². The van der Waals surface area contributed by atoms with Crippen LogP contribution >= 0.6 is 0 Å². The van der Waals surface area contributed by atoms with Gasteiger partial charge in [0.1, 0.15) is 5.75 Å². The summed E-state index contributed by atoms with van der Waals surface area (Å²) >= 11 is 0. The van der Waals surface area contributed by atoms with Crippen molar-refractivity contribution < 1.29 is 4.74 Å². The Labute approximate surface area is 85.6 Å². The number of ether oxygens (including phenoxy) is 1. The maximum Gasteiger partial charge on any atom is 0.121 e. The average Bonchev–Trinajstić information content (AvgIpc) is 2.25. The summed E-state index contributed by atoms with van der Waals surface area (Å²) in [4.78, 5) is 0. The molecule has 0 bridgehead atoms. The van der Waals surface area contributed by atoms with Crippen LogP contribution in [0.25, 0.3) is 0 Å². The van der Waals surface area contributed by atoms with Gasteiger partial charge in [-0.25, -0.2) is 0 Å². The van der Waals surface area contributed by atoms with Gasteiger partial charge in [0.05, 0.1) is 6.61 Å². The molecule has 0 aliphatic rings. The largest absolute Gasteiger partial charge is 0.494 e. The highest BCUT2D eigenvalue weighted by atomic mass is 16.5. The maximum atomic E-state index is 5.56. The van der Waals surface area contributed by atoms with Gasteiger partial charge in [0, 0.05) is 18.8 Å². The molecule has 0 atom stereocenters. The van der Waals surface area contributed by atoms with E-state index in [-0.39, 0.29) is 0 Å². The normalized spacial score (nSPS) is 9.50. The SMILES string of the molecule is C=CCCCOc1cccc(NC)c1. The second-order valence-electron chi connectivity index (χ2n) is 3.06. The van der Waals surface area contributed by atoms with E-state index >= 15 is 0 Å². The van der Waals surface area contributed by atoms with E-state index < -0.39 is 0 Å². The van der Waals surface area contributed by atoms with Gasteiger partial charge in [-0.15, -0.1) is 6.58 Å². The Morgan fingerprint density at radius 3 is 3.07 bits per heavy atom. The summed E-state index contributed by atoms with van der Waals surface area (Å²) < 4.78 is 5.56. The minimum atomic E-state index is 0.749. The monoisotopic (exact) mass is 191 g/mol. The van der Waals surface area contributed by atoms with Crippen LogP contribution in [0.1, 0.15) is 12.8 Å². The van der Waals surface area contributed by atoms with Crippen LogP contribution in [0.15, 0.2) is 36.9 Å². The van der Waals surface area contributed by atoms with Gasteiger partial charge in [0.15, 0.2) is 0 Å². The van der Waals surface area contributed by atoms with Crippen molar-refractivity contribution in [2.45, 2.75) is 12.8 Å². The van der Waals surface area contributed by atoms with Crippen LogP contribution in [0.5, 0.6) is 5.75 Å². The minimum Gasteiger partial charge on any atom is -0.494 e. The molecule has 14 heavy (non-hydrogen) atoms. The number of rotatable bonds is 6. The highest BCUT2D eigenvalue weighted by Crippen LogP contribution is 2.16. The molecule has 1 aromatic carbocycles. The Morgan fingerprint density at radius 1 is 1.50 bits per heavy atom. The smallest absolute Gasteiger partial charge is 0.121 e. The van der Waals surface area contributed by atoms with Crippen molar-refractivity contribution in [2.75, 3.05) is 19.0 Å². The number of unbranched alkanes of at least 4 members (excludes halogenated alkanes) is 1. The maximum absolute atomic E-state index is 5.56. The Hall–Kier alpha value is -1.44. The van der Waals surface area contributed by atoms with Crippen LogP contribution in [0, 0.1) is 0 Å². The fourth-order valence-electron chi connectivity index (χ4n) is 1.16. The van der Waals surface area contributed by atoms with Crippen LogP contribution < -0.4 is 10.1 Å². The number of allylic oxidation sites excluding steroid dienone is 1. The van der Waals surface area contributed by atoms with E-state index in [0.29, 0.717) is 0 Å². The summed E-state index contributed by atoms with van der Waals surface area (Å²) in [5.41, 5.74) is 1.08. The molecule has 0 spiro atoms. The molecule has 0 saturated carbocycles. The Morgan fingerprint density at radius 2 is 2.36 bits per heavy atom. The molecule has 0 aromatic heterocycles.